The van der Waals surface area contributed by atoms with E-state index in [-0.39, 0.29) is 24.1 Å². The highest BCUT2D eigenvalue weighted by Crippen LogP contribution is 2.29. The number of carbonyl (C=O) groups is 1. The van der Waals surface area contributed by atoms with E-state index in [1.165, 1.54) is 12.1 Å². The first-order valence-electron chi connectivity index (χ1n) is 7.29. The summed E-state index contributed by atoms with van der Waals surface area (Å²) >= 11 is 0. The van der Waals surface area contributed by atoms with Crippen molar-refractivity contribution in [1.29, 1.82) is 0 Å². The Morgan fingerprint density at radius 2 is 2.05 bits per heavy atom. The SMILES string of the molecule is CC(C)(C)NCc1cccc(F)c1C(=O)N1CCC(F)(F)C1. The zero-order valence-electron chi connectivity index (χ0n) is 13.0. The molecule has 0 spiro atoms. The number of nitrogens with zero attached hydrogens (tertiary/aromatic N) is 1. The van der Waals surface area contributed by atoms with Gasteiger partial charge in [-0.3, -0.25) is 4.79 Å². The van der Waals surface area contributed by atoms with Gasteiger partial charge in [-0.25, -0.2) is 13.2 Å². The van der Waals surface area contributed by atoms with Gasteiger partial charge in [0.2, 0.25) is 0 Å². The molecule has 1 amide bonds. The largest absolute Gasteiger partial charge is 0.332 e. The number of alkyl halides is 2. The second-order valence-electron chi connectivity index (χ2n) is 6.71. The van der Waals surface area contributed by atoms with Gasteiger partial charge in [0.1, 0.15) is 5.82 Å². The Morgan fingerprint density at radius 3 is 2.59 bits per heavy atom. The minimum atomic E-state index is -2.88. The van der Waals surface area contributed by atoms with Crippen LogP contribution in [0.4, 0.5) is 13.2 Å². The van der Waals surface area contributed by atoms with Gasteiger partial charge in [0, 0.05) is 25.0 Å². The summed E-state index contributed by atoms with van der Waals surface area (Å²) in [6.07, 6.45) is -0.372. The molecule has 1 aliphatic rings. The number of likely N-dealkylation sites (tertiary alicyclic amines) is 1. The van der Waals surface area contributed by atoms with Crippen molar-refractivity contribution in [2.45, 2.75) is 45.2 Å². The topological polar surface area (TPSA) is 32.3 Å². The lowest BCUT2D eigenvalue weighted by atomic mass is 10.0. The van der Waals surface area contributed by atoms with Crippen LogP contribution in [0.3, 0.4) is 0 Å². The van der Waals surface area contributed by atoms with E-state index in [1.807, 2.05) is 20.8 Å². The van der Waals surface area contributed by atoms with Gasteiger partial charge in [0.15, 0.2) is 0 Å². The Labute approximate surface area is 128 Å². The van der Waals surface area contributed by atoms with Crippen LogP contribution in [0, 0.1) is 5.82 Å². The maximum atomic E-state index is 14.1. The van der Waals surface area contributed by atoms with E-state index in [2.05, 4.69) is 5.32 Å². The van der Waals surface area contributed by atoms with Gasteiger partial charge in [0.05, 0.1) is 12.1 Å². The molecule has 122 valence electrons. The predicted octanol–water partition coefficient (Wildman–Crippen LogP) is 3.20. The van der Waals surface area contributed by atoms with Crippen molar-refractivity contribution in [3.63, 3.8) is 0 Å². The molecule has 0 radical (unpaired) electrons. The van der Waals surface area contributed by atoms with E-state index in [4.69, 9.17) is 0 Å². The minimum Gasteiger partial charge on any atom is -0.332 e. The molecule has 0 saturated carbocycles. The van der Waals surface area contributed by atoms with E-state index in [9.17, 15) is 18.0 Å². The molecule has 22 heavy (non-hydrogen) atoms. The van der Waals surface area contributed by atoms with Crippen LogP contribution >= 0.6 is 0 Å². The van der Waals surface area contributed by atoms with Crippen LogP contribution in [0.1, 0.15) is 43.1 Å². The summed E-state index contributed by atoms with van der Waals surface area (Å²) in [5, 5.41) is 3.18. The Balaban J connectivity index is 2.24. The number of halogens is 3. The van der Waals surface area contributed by atoms with Crippen LogP contribution in [-0.2, 0) is 6.54 Å². The number of benzene rings is 1. The molecule has 0 aliphatic carbocycles. The van der Waals surface area contributed by atoms with Crippen molar-refractivity contribution >= 4 is 5.91 Å². The van der Waals surface area contributed by atoms with Crippen molar-refractivity contribution in [2.24, 2.45) is 0 Å². The third-order valence-corrected chi connectivity index (χ3v) is 3.58. The first-order chi connectivity index (χ1) is 10.1. The first-order valence-corrected chi connectivity index (χ1v) is 7.29. The number of nitrogens with one attached hydrogen (secondary N) is 1. The fourth-order valence-corrected chi connectivity index (χ4v) is 2.38. The van der Waals surface area contributed by atoms with Crippen LogP contribution < -0.4 is 5.32 Å². The van der Waals surface area contributed by atoms with E-state index in [0.29, 0.717) is 12.1 Å². The second-order valence-corrected chi connectivity index (χ2v) is 6.71. The summed E-state index contributed by atoms with van der Waals surface area (Å²) in [5.41, 5.74) is 0.167. The van der Waals surface area contributed by atoms with Crippen LogP contribution in [0.5, 0.6) is 0 Å². The lowest BCUT2D eigenvalue weighted by Gasteiger charge is -2.23. The molecular weight excluding hydrogens is 293 g/mol. The zero-order valence-corrected chi connectivity index (χ0v) is 13.0. The minimum absolute atomic E-state index is 0.0493. The molecule has 0 atom stereocenters. The first kappa shape index (κ1) is 16.8. The van der Waals surface area contributed by atoms with Gasteiger partial charge < -0.3 is 10.2 Å². The summed E-state index contributed by atoms with van der Waals surface area (Å²) in [6.45, 7) is 5.46. The highest BCUT2D eigenvalue weighted by Gasteiger charge is 2.41. The third-order valence-electron chi connectivity index (χ3n) is 3.58. The molecule has 2 rings (SSSR count). The van der Waals surface area contributed by atoms with E-state index in [1.54, 1.807) is 6.07 Å². The molecule has 1 saturated heterocycles. The molecule has 1 N–H and O–H groups in total. The number of rotatable bonds is 3. The summed E-state index contributed by atoms with van der Waals surface area (Å²) in [5.74, 6) is -4.22. The molecule has 1 aliphatic heterocycles. The zero-order chi connectivity index (χ0) is 16.5. The summed E-state index contributed by atoms with van der Waals surface area (Å²) < 4.78 is 40.7. The highest BCUT2D eigenvalue weighted by atomic mass is 19.3. The van der Waals surface area contributed by atoms with Crippen LogP contribution in [-0.4, -0.2) is 35.4 Å². The molecule has 3 nitrogen and oxygen atoms in total. The Bertz CT molecular complexity index is 567. The van der Waals surface area contributed by atoms with Gasteiger partial charge in [-0.05, 0) is 32.4 Å². The molecule has 0 unspecified atom stereocenters. The molecule has 0 bridgehead atoms. The maximum Gasteiger partial charge on any atom is 0.267 e. The van der Waals surface area contributed by atoms with E-state index >= 15 is 0 Å². The Kier molecular flexibility index (Phi) is 4.52. The van der Waals surface area contributed by atoms with Gasteiger partial charge in [0.25, 0.3) is 11.8 Å². The predicted molar refractivity (Wildman–Crippen MR) is 78.5 cm³/mol. The molecule has 1 aromatic rings. The number of amides is 1. The fourth-order valence-electron chi connectivity index (χ4n) is 2.38. The molecule has 1 fully saturated rings. The maximum absolute atomic E-state index is 14.1. The van der Waals surface area contributed by atoms with Gasteiger partial charge in [-0.2, -0.15) is 0 Å². The summed E-state index contributed by atoms with van der Waals surface area (Å²) in [7, 11) is 0. The van der Waals surface area contributed by atoms with Crippen LogP contribution in [0.2, 0.25) is 0 Å². The van der Waals surface area contributed by atoms with Crippen molar-refractivity contribution in [3.05, 3.63) is 35.1 Å². The van der Waals surface area contributed by atoms with Crippen LogP contribution in [0.25, 0.3) is 0 Å². The average molecular weight is 314 g/mol. The average Bonchev–Trinajstić information content (AvgIpc) is 2.75. The lowest BCUT2D eigenvalue weighted by molar-refractivity contribution is 0.0119. The second kappa shape index (κ2) is 5.91. The monoisotopic (exact) mass is 314 g/mol. The molecule has 0 aromatic heterocycles. The third kappa shape index (κ3) is 4.00. The molecular formula is C16H21F3N2O. The highest BCUT2D eigenvalue weighted by molar-refractivity contribution is 5.96. The lowest BCUT2D eigenvalue weighted by Crippen LogP contribution is -2.37. The normalized spacial score (nSPS) is 17.8. The van der Waals surface area contributed by atoms with Crippen LogP contribution in [0.15, 0.2) is 18.2 Å². The smallest absolute Gasteiger partial charge is 0.267 e. The van der Waals surface area contributed by atoms with Gasteiger partial charge in [-0.1, -0.05) is 12.1 Å². The van der Waals surface area contributed by atoms with Gasteiger partial charge >= 0.3 is 0 Å². The number of hydrogen-bond donors (Lipinski definition) is 1. The molecule has 1 aromatic carbocycles. The summed E-state index contributed by atoms with van der Waals surface area (Å²) in [6, 6.07) is 4.34. The van der Waals surface area contributed by atoms with E-state index < -0.39 is 24.2 Å². The number of carbonyl (C=O) groups excluding carboxylic acids is 1. The van der Waals surface area contributed by atoms with E-state index in [0.717, 1.165) is 4.90 Å². The van der Waals surface area contributed by atoms with Crippen molar-refractivity contribution in [3.8, 4) is 0 Å². The number of hydrogen-bond acceptors (Lipinski definition) is 2. The summed E-state index contributed by atoms with van der Waals surface area (Å²) in [4.78, 5) is 13.5. The quantitative estimate of drug-likeness (QED) is 0.929. The molecule has 6 heteroatoms. The Hall–Kier alpha value is -1.56. The molecule has 1 heterocycles. The van der Waals surface area contributed by atoms with Gasteiger partial charge in [-0.15, -0.1) is 0 Å². The van der Waals surface area contributed by atoms with Crippen molar-refractivity contribution < 1.29 is 18.0 Å². The van der Waals surface area contributed by atoms with Crippen molar-refractivity contribution in [2.75, 3.05) is 13.1 Å². The fraction of sp³-hybridized carbons (Fsp3) is 0.562. The van der Waals surface area contributed by atoms with Crippen molar-refractivity contribution in [1.82, 2.24) is 10.2 Å². The standard InChI is InChI=1S/C16H21F3N2O/c1-15(2,3)20-9-11-5-4-6-12(17)13(11)14(22)21-8-7-16(18,19)10-21/h4-6,20H,7-10H2,1-3H3. The Morgan fingerprint density at radius 1 is 1.36 bits per heavy atom.